The lowest BCUT2D eigenvalue weighted by molar-refractivity contribution is -0.167. The Morgan fingerprint density at radius 2 is 0.587 bits per heavy atom. The van der Waals surface area contributed by atoms with Crippen LogP contribution in [0.1, 0.15) is 290 Å². The van der Waals surface area contributed by atoms with Gasteiger partial charge in [0.05, 0.1) is 0 Å². The Kier molecular flexibility index (Phi) is 50.3. The summed E-state index contributed by atoms with van der Waals surface area (Å²) in [7, 11) is 0. The van der Waals surface area contributed by atoms with Crippen molar-refractivity contribution in [1.29, 1.82) is 0 Å². The van der Waals surface area contributed by atoms with Crippen LogP contribution < -0.4 is 0 Å². The third kappa shape index (κ3) is 50.5. The minimum atomic E-state index is -0.779. The molecule has 63 heavy (non-hydrogen) atoms. The number of esters is 3. The number of ether oxygens (including phenoxy) is 3. The Morgan fingerprint density at radius 3 is 0.937 bits per heavy atom. The van der Waals surface area contributed by atoms with Crippen molar-refractivity contribution in [1.82, 2.24) is 0 Å². The fourth-order valence-electron chi connectivity index (χ4n) is 7.93. The van der Waals surface area contributed by atoms with Crippen LogP contribution in [0.15, 0.2) is 36.5 Å². The van der Waals surface area contributed by atoms with E-state index < -0.39 is 6.10 Å². The van der Waals surface area contributed by atoms with Crippen molar-refractivity contribution in [3.63, 3.8) is 0 Å². The van der Waals surface area contributed by atoms with Gasteiger partial charge in [-0.1, -0.05) is 237 Å². The first kappa shape index (κ1) is 60.6. The van der Waals surface area contributed by atoms with E-state index in [9.17, 15) is 14.4 Å². The molecule has 1 unspecified atom stereocenters. The Balaban J connectivity index is 4.37. The number of rotatable bonds is 50. The normalized spacial score (nSPS) is 12.2. The minimum Gasteiger partial charge on any atom is -0.462 e. The van der Waals surface area contributed by atoms with Crippen LogP contribution in [-0.2, 0) is 28.6 Å². The molecule has 0 aromatic rings. The van der Waals surface area contributed by atoms with Crippen LogP contribution in [0.25, 0.3) is 0 Å². The summed E-state index contributed by atoms with van der Waals surface area (Å²) >= 11 is 0. The molecular formula is C57H104O6. The first-order valence-corrected chi connectivity index (χ1v) is 27.5. The Labute approximate surface area is 391 Å². The summed E-state index contributed by atoms with van der Waals surface area (Å²) in [6.07, 6.45) is 61.2. The van der Waals surface area contributed by atoms with E-state index in [1.54, 1.807) is 0 Å². The summed E-state index contributed by atoms with van der Waals surface area (Å²) in [6, 6.07) is 0. The van der Waals surface area contributed by atoms with Crippen molar-refractivity contribution in [3.8, 4) is 0 Å². The molecule has 1 atom stereocenters. The molecule has 0 aliphatic heterocycles. The van der Waals surface area contributed by atoms with Crippen LogP contribution >= 0.6 is 0 Å². The third-order valence-electron chi connectivity index (χ3n) is 12.1. The number of carbonyl (C=O) groups is 3. The topological polar surface area (TPSA) is 78.9 Å². The van der Waals surface area contributed by atoms with Crippen LogP contribution in [0.2, 0.25) is 0 Å². The summed E-state index contributed by atoms with van der Waals surface area (Å²) in [4.78, 5) is 38.0. The highest BCUT2D eigenvalue weighted by Crippen LogP contribution is 2.16. The van der Waals surface area contributed by atoms with Crippen molar-refractivity contribution in [2.45, 2.75) is 297 Å². The van der Waals surface area contributed by atoms with E-state index in [0.29, 0.717) is 19.3 Å². The molecule has 0 rings (SSSR count). The minimum absolute atomic E-state index is 0.0767. The average Bonchev–Trinajstić information content (AvgIpc) is 3.28. The number of allylic oxidation sites excluding steroid dienone is 6. The van der Waals surface area contributed by atoms with Gasteiger partial charge in [0.15, 0.2) is 6.10 Å². The maximum absolute atomic E-state index is 12.8. The second-order valence-corrected chi connectivity index (χ2v) is 18.5. The average molecular weight is 885 g/mol. The molecule has 0 aromatic heterocycles. The highest BCUT2D eigenvalue weighted by atomic mass is 16.6. The summed E-state index contributed by atoms with van der Waals surface area (Å²) in [5, 5.41) is 0. The van der Waals surface area contributed by atoms with Gasteiger partial charge in [-0.15, -0.1) is 0 Å². The van der Waals surface area contributed by atoms with Gasteiger partial charge in [0.25, 0.3) is 0 Å². The SMILES string of the molecule is CCCC/C=C\C/C=C\CCCCCCCC(=O)OCC(COC(=O)CCCCCCCCCCCCCCCCCC)OC(=O)CCCCCCC/C=C\CCCCCCCC. The quantitative estimate of drug-likeness (QED) is 0.0262. The van der Waals surface area contributed by atoms with Crippen molar-refractivity contribution >= 4 is 17.9 Å². The van der Waals surface area contributed by atoms with Gasteiger partial charge >= 0.3 is 17.9 Å². The molecule has 0 saturated carbocycles. The zero-order chi connectivity index (χ0) is 45.8. The molecule has 0 heterocycles. The van der Waals surface area contributed by atoms with Crippen LogP contribution in [-0.4, -0.2) is 37.2 Å². The van der Waals surface area contributed by atoms with Gasteiger partial charge in [-0.2, -0.15) is 0 Å². The number of unbranched alkanes of at least 4 members (excludes halogenated alkanes) is 33. The highest BCUT2D eigenvalue weighted by molar-refractivity contribution is 5.71. The van der Waals surface area contributed by atoms with Crippen LogP contribution in [0.5, 0.6) is 0 Å². The van der Waals surface area contributed by atoms with Crippen LogP contribution in [0, 0.1) is 0 Å². The van der Waals surface area contributed by atoms with Crippen molar-refractivity contribution in [2.75, 3.05) is 13.2 Å². The zero-order valence-electron chi connectivity index (χ0n) is 42.1. The molecule has 0 aliphatic carbocycles. The molecule has 0 radical (unpaired) electrons. The largest absolute Gasteiger partial charge is 0.462 e. The van der Waals surface area contributed by atoms with E-state index in [1.807, 2.05) is 0 Å². The fourth-order valence-corrected chi connectivity index (χ4v) is 7.93. The first-order valence-electron chi connectivity index (χ1n) is 27.5. The molecule has 368 valence electrons. The molecule has 0 saturated heterocycles. The lowest BCUT2D eigenvalue weighted by atomic mass is 10.0. The van der Waals surface area contributed by atoms with Crippen LogP contribution in [0.4, 0.5) is 0 Å². The lowest BCUT2D eigenvalue weighted by Crippen LogP contribution is -2.30. The molecule has 0 aliphatic rings. The zero-order valence-corrected chi connectivity index (χ0v) is 42.1. The fraction of sp³-hybridized carbons (Fsp3) is 0.842. The molecule has 0 fully saturated rings. The molecular weight excluding hydrogens is 781 g/mol. The lowest BCUT2D eigenvalue weighted by Gasteiger charge is -2.18. The van der Waals surface area contributed by atoms with Gasteiger partial charge in [-0.25, -0.2) is 0 Å². The monoisotopic (exact) mass is 885 g/mol. The molecule has 0 spiro atoms. The van der Waals surface area contributed by atoms with E-state index >= 15 is 0 Å². The molecule has 0 N–H and O–H groups in total. The Morgan fingerprint density at radius 1 is 0.317 bits per heavy atom. The van der Waals surface area contributed by atoms with Crippen LogP contribution in [0.3, 0.4) is 0 Å². The predicted molar refractivity (Wildman–Crippen MR) is 270 cm³/mol. The molecule has 6 heteroatoms. The van der Waals surface area contributed by atoms with E-state index in [-0.39, 0.29) is 31.1 Å². The second kappa shape index (κ2) is 52.3. The maximum Gasteiger partial charge on any atom is 0.306 e. The van der Waals surface area contributed by atoms with Gasteiger partial charge < -0.3 is 14.2 Å². The van der Waals surface area contributed by atoms with Gasteiger partial charge in [-0.05, 0) is 70.6 Å². The maximum atomic E-state index is 12.8. The second-order valence-electron chi connectivity index (χ2n) is 18.5. The standard InChI is InChI=1S/C57H104O6/c1-4-7-10-13-16-19-22-25-28-30-32-35-38-41-44-47-50-56(59)62-53-54(52-61-55(58)49-46-43-40-37-34-31-27-24-21-18-15-12-9-6-3)63-57(60)51-48-45-42-39-36-33-29-26-23-20-17-14-11-8-5-2/h15,18,24,26-27,29,54H,4-14,16-17,19-23,25,28,30-53H2,1-3H3/b18-15-,27-24-,29-26-. The van der Waals surface area contributed by atoms with E-state index in [1.165, 1.54) is 167 Å². The van der Waals surface area contributed by atoms with Gasteiger partial charge in [0, 0.05) is 19.3 Å². The third-order valence-corrected chi connectivity index (χ3v) is 12.1. The molecule has 0 amide bonds. The van der Waals surface area contributed by atoms with Gasteiger partial charge in [-0.3, -0.25) is 14.4 Å². The van der Waals surface area contributed by atoms with E-state index in [2.05, 4.69) is 57.2 Å². The summed E-state index contributed by atoms with van der Waals surface area (Å²) in [6.45, 7) is 6.61. The highest BCUT2D eigenvalue weighted by Gasteiger charge is 2.19. The van der Waals surface area contributed by atoms with E-state index in [4.69, 9.17) is 14.2 Å². The first-order chi connectivity index (χ1) is 31.0. The van der Waals surface area contributed by atoms with Gasteiger partial charge in [0.1, 0.15) is 13.2 Å². The smallest absolute Gasteiger partial charge is 0.306 e. The Bertz CT molecular complexity index is 1060. The van der Waals surface area contributed by atoms with Gasteiger partial charge in [0.2, 0.25) is 0 Å². The predicted octanol–water partition coefficient (Wildman–Crippen LogP) is 18.1. The Hall–Kier alpha value is -2.37. The van der Waals surface area contributed by atoms with Crippen molar-refractivity contribution in [3.05, 3.63) is 36.5 Å². The molecule has 6 nitrogen and oxygen atoms in total. The van der Waals surface area contributed by atoms with Crippen molar-refractivity contribution < 1.29 is 28.6 Å². The van der Waals surface area contributed by atoms with Crippen molar-refractivity contribution in [2.24, 2.45) is 0 Å². The number of carbonyl (C=O) groups excluding carboxylic acids is 3. The van der Waals surface area contributed by atoms with E-state index in [0.717, 1.165) is 83.5 Å². The number of hydrogen-bond acceptors (Lipinski definition) is 6. The summed E-state index contributed by atoms with van der Waals surface area (Å²) < 4.78 is 16.8. The summed E-state index contributed by atoms with van der Waals surface area (Å²) in [5.74, 6) is -0.886. The molecule has 0 bridgehead atoms. The summed E-state index contributed by atoms with van der Waals surface area (Å²) in [5.41, 5.74) is 0. The number of hydrogen-bond donors (Lipinski definition) is 0. The molecule has 0 aromatic carbocycles.